The van der Waals surface area contributed by atoms with E-state index in [2.05, 4.69) is 31.9 Å². The van der Waals surface area contributed by atoms with Crippen LogP contribution in [-0.4, -0.2) is 14.3 Å². The summed E-state index contributed by atoms with van der Waals surface area (Å²) in [5.74, 6) is -0.239. The summed E-state index contributed by atoms with van der Waals surface area (Å²) in [5, 5.41) is 0. The number of fused-ring (bicyclic) bond motifs is 2. The Kier molecular flexibility index (Phi) is 3.46. The van der Waals surface area contributed by atoms with Crippen LogP contribution in [0.25, 0.3) is 0 Å². The first kappa shape index (κ1) is 14.7. The molecule has 0 atom stereocenters. The molecule has 2 aromatic carbocycles. The predicted molar refractivity (Wildman–Crippen MR) is 86.6 cm³/mol. The molecule has 7 heteroatoms. The van der Waals surface area contributed by atoms with Crippen molar-refractivity contribution in [3.63, 3.8) is 0 Å². The van der Waals surface area contributed by atoms with E-state index in [1.807, 2.05) is 0 Å². The maximum atomic E-state index is 12.8. The van der Waals surface area contributed by atoms with Crippen LogP contribution in [0.1, 0.15) is 6.92 Å². The molecule has 3 rings (SSSR count). The predicted octanol–water partition coefficient (Wildman–Crippen LogP) is 4.04. The Balaban J connectivity index is 2.44. The van der Waals surface area contributed by atoms with Crippen molar-refractivity contribution in [2.75, 3.05) is 4.90 Å². The van der Waals surface area contributed by atoms with Gasteiger partial charge in [-0.3, -0.25) is 9.69 Å². The number of amides is 1. The number of hydrogen-bond donors (Lipinski definition) is 0. The lowest BCUT2D eigenvalue weighted by molar-refractivity contribution is -0.115. The van der Waals surface area contributed by atoms with Gasteiger partial charge in [-0.25, -0.2) is 8.42 Å². The first-order chi connectivity index (χ1) is 9.82. The van der Waals surface area contributed by atoms with E-state index >= 15 is 0 Å². The second kappa shape index (κ2) is 4.93. The molecule has 0 bridgehead atoms. The van der Waals surface area contributed by atoms with Crippen molar-refractivity contribution in [2.45, 2.75) is 16.7 Å². The van der Waals surface area contributed by atoms with Gasteiger partial charge >= 0.3 is 0 Å². The number of rotatable bonds is 0. The van der Waals surface area contributed by atoms with Gasteiger partial charge in [0.25, 0.3) is 0 Å². The summed E-state index contributed by atoms with van der Waals surface area (Å²) in [7, 11) is -3.67. The van der Waals surface area contributed by atoms with Gasteiger partial charge in [0, 0.05) is 15.9 Å². The van der Waals surface area contributed by atoms with Crippen LogP contribution < -0.4 is 4.90 Å². The van der Waals surface area contributed by atoms with E-state index in [-0.39, 0.29) is 15.7 Å². The van der Waals surface area contributed by atoms with E-state index in [9.17, 15) is 13.2 Å². The molecular formula is C14H9Br2NO3S. The molecule has 1 aliphatic rings. The molecule has 0 radical (unpaired) electrons. The Bertz CT molecular complexity index is 818. The molecule has 21 heavy (non-hydrogen) atoms. The molecule has 0 saturated heterocycles. The number of sulfone groups is 1. The highest BCUT2D eigenvalue weighted by Crippen LogP contribution is 2.45. The third-order valence-electron chi connectivity index (χ3n) is 3.22. The number of carbonyl (C=O) groups excluding carboxylic acids is 1. The normalized spacial score (nSPS) is 15.3. The number of carbonyl (C=O) groups is 1. The highest BCUT2D eigenvalue weighted by molar-refractivity contribution is 9.10. The van der Waals surface area contributed by atoms with Crippen LogP contribution in [0.5, 0.6) is 0 Å². The Labute approximate surface area is 138 Å². The van der Waals surface area contributed by atoms with Crippen molar-refractivity contribution in [3.8, 4) is 0 Å². The van der Waals surface area contributed by atoms with Crippen LogP contribution in [-0.2, 0) is 14.6 Å². The number of hydrogen-bond acceptors (Lipinski definition) is 3. The van der Waals surface area contributed by atoms with Crippen molar-refractivity contribution >= 4 is 59.0 Å². The minimum absolute atomic E-state index is 0.123. The average molecular weight is 431 g/mol. The van der Waals surface area contributed by atoms with Crippen LogP contribution in [0.2, 0.25) is 0 Å². The fourth-order valence-electron chi connectivity index (χ4n) is 2.36. The van der Waals surface area contributed by atoms with Gasteiger partial charge in [0.15, 0.2) is 0 Å². The van der Waals surface area contributed by atoms with E-state index in [1.165, 1.54) is 24.0 Å². The lowest BCUT2D eigenvalue weighted by Crippen LogP contribution is -2.29. The fourth-order valence-corrected chi connectivity index (χ4v) is 5.06. The van der Waals surface area contributed by atoms with Crippen LogP contribution in [0.3, 0.4) is 0 Å². The molecule has 0 saturated carbocycles. The molecule has 1 heterocycles. The van der Waals surface area contributed by atoms with Gasteiger partial charge in [-0.1, -0.05) is 31.9 Å². The van der Waals surface area contributed by atoms with Gasteiger partial charge < -0.3 is 0 Å². The largest absolute Gasteiger partial charge is 0.279 e. The quantitative estimate of drug-likeness (QED) is 0.633. The molecular weight excluding hydrogens is 422 g/mol. The van der Waals surface area contributed by atoms with Gasteiger partial charge in [0.05, 0.1) is 21.2 Å². The first-order valence-corrected chi connectivity index (χ1v) is 9.04. The number of anilines is 2. The summed E-state index contributed by atoms with van der Waals surface area (Å²) in [6, 6.07) is 9.73. The Hall–Kier alpha value is -1.18. The third-order valence-corrected chi connectivity index (χ3v) is 6.02. The van der Waals surface area contributed by atoms with E-state index in [0.29, 0.717) is 20.3 Å². The van der Waals surface area contributed by atoms with Crippen LogP contribution in [0.4, 0.5) is 11.4 Å². The molecule has 1 aliphatic heterocycles. The molecule has 0 unspecified atom stereocenters. The van der Waals surface area contributed by atoms with E-state index in [4.69, 9.17) is 0 Å². The van der Waals surface area contributed by atoms with Gasteiger partial charge in [0.1, 0.15) is 0 Å². The monoisotopic (exact) mass is 429 g/mol. The fraction of sp³-hybridized carbons (Fsp3) is 0.0714. The number of halogens is 2. The topological polar surface area (TPSA) is 54.5 Å². The highest BCUT2D eigenvalue weighted by Gasteiger charge is 2.36. The molecule has 0 N–H and O–H groups in total. The summed E-state index contributed by atoms with van der Waals surface area (Å²) in [6.07, 6.45) is 0. The van der Waals surface area contributed by atoms with Gasteiger partial charge in [-0.2, -0.15) is 0 Å². The molecule has 0 fully saturated rings. The molecule has 0 aliphatic carbocycles. The van der Waals surface area contributed by atoms with Crippen molar-refractivity contribution < 1.29 is 13.2 Å². The standard InChI is InChI=1S/C14H9Br2NO3S/c1-8(18)17-11-4-2-9(15)6-13(11)21(19,20)14-7-10(16)3-5-12(14)17/h2-7H,1H3. The van der Waals surface area contributed by atoms with E-state index in [1.54, 1.807) is 24.3 Å². The second-order valence-electron chi connectivity index (χ2n) is 4.58. The van der Waals surface area contributed by atoms with Gasteiger partial charge in [0.2, 0.25) is 15.7 Å². The minimum atomic E-state index is -3.67. The number of benzene rings is 2. The van der Waals surface area contributed by atoms with Gasteiger partial charge in [-0.05, 0) is 36.4 Å². The minimum Gasteiger partial charge on any atom is -0.279 e. The average Bonchev–Trinajstić information content (AvgIpc) is 2.40. The number of nitrogens with zero attached hydrogens (tertiary/aromatic N) is 1. The van der Waals surface area contributed by atoms with Crippen molar-refractivity contribution in [2.24, 2.45) is 0 Å². The van der Waals surface area contributed by atoms with Crippen LogP contribution in [0.15, 0.2) is 55.1 Å². The maximum absolute atomic E-state index is 12.8. The zero-order valence-corrected chi connectivity index (χ0v) is 14.8. The third kappa shape index (κ3) is 2.23. The zero-order valence-electron chi connectivity index (χ0n) is 10.8. The summed E-state index contributed by atoms with van der Waals surface area (Å²) in [4.78, 5) is 13.7. The maximum Gasteiger partial charge on any atom is 0.228 e. The zero-order chi connectivity index (χ0) is 15.4. The molecule has 108 valence electrons. The van der Waals surface area contributed by atoms with Crippen molar-refractivity contribution in [1.29, 1.82) is 0 Å². The highest BCUT2D eigenvalue weighted by atomic mass is 79.9. The first-order valence-electron chi connectivity index (χ1n) is 5.97. The Morgan fingerprint density at radius 1 is 0.952 bits per heavy atom. The Morgan fingerprint density at radius 3 is 1.76 bits per heavy atom. The van der Waals surface area contributed by atoms with Crippen LogP contribution in [0, 0.1) is 0 Å². The molecule has 0 spiro atoms. The lowest BCUT2D eigenvalue weighted by atomic mass is 10.2. The smallest absolute Gasteiger partial charge is 0.228 e. The second-order valence-corrected chi connectivity index (χ2v) is 8.30. The van der Waals surface area contributed by atoms with E-state index in [0.717, 1.165) is 0 Å². The molecule has 0 aromatic heterocycles. The summed E-state index contributed by atoms with van der Waals surface area (Å²) >= 11 is 6.55. The lowest BCUT2D eigenvalue weighted by Gasteiger charge is -2.30. The molecule has 4 nitrogen and oxygen atoms in total. The van der Waals surface area contributed by atoms with Crippen molar-refractivity contribution in [3.05, 3.63) is 45.3 Å². The van der Waals surface area contributed by atoms with E-state index < -0.39 is 9.84 Å². The summed E-state index contributed by atoms with van der Waals surface area (Å²) in [5.41, 5.74) is 0.751. The Morgan fingerprint density at radius 2 is 1.38 bits per heavy atom. The summed E-state index contributed by atoms with van der Waals surface area (Å²) < 4.78 is 26.9. The SMILES string of the molecule is CC(=O)N1c2ccc(Br)cc2S(=O)(=O)c2cc(Br)ccc21. The molecule has 2 aromatic rings. The van der Waals surface area contributed by atoms with Crippen LogP contribution >= 0.6 is 31.9 Å². The molecule has 1 amide bonds. The summed E-state index contributed by atoms with van der Waals surface area (Å²) in [6.45, 7) is 1.41. The van der Waals surface area contributed by atoms with Crippen molar-refractivity contribution in [1.82, 2.24) is 0 Å². The van der Waals surface area contributed by atoms with Gasteiger partial charge in [-0.15, -0.1) is 0 Å².